The second-order valence-corrected chi connectivity index (χ2v) is 4.85. The van der Waals surface area contributed by atoms with Crippen molar-refractivity contribution in [2.75, 3.05) is 14.2 Å². The Labute approximate surface area is 107 Å². The minimum atomic E-state index is 0.0537. The van der Waals surface area contributed by atoms with E-state index in [1.165, 1.54) is 27.1 Å². The number of phenols is 2. The lowest BCUT2D eigenvalue weighted by Crippen LogP contribution is -1.99. The molecule has 0 heterocycles. The maximum Gasteiger partial charge on any atom is 0.207 e. The van der Waals surface area contributed by atoms with E-state index in [4.69, 9.17) is 9.47 Å². The number of benzene rings is 1. The Balaban J connectivity index is 2.40. The summed E-state index contributed by atoms with van der Waals surface area (Å²) in [7, 11) is 2.90. The van der Waals surface area contributed by atoms with Crippen LogP contribution < -0.4 is 9.47 Å². The first kappa shape index (κ1) is 12.9. The van der Waals surface area contributed by atoms with Crippen LogP contribution in [0, 0.1) is 12.8 Å². The van der Waals surface area contributed by atoms with E-state index in [1.54, 1.807) is 6.92 Å². The summed E-state index contributed by atoms with van der Waals surface area (Å²) in [6.45, 7) is 1.79. The molecule has 0 aromatic heterocycles. The Morgan fingerprint density at radius 3 is 2.11 bits per heavy atom. The minimum absolute atomic E-state index is 0.0537. The molecule has 2 N–H and O–H groups in total. The summed E-state index contributed by atoms with van der Waals surface area (Å²) in [5, 5.41) is 20.3. The number of hydrogen-bond donors (Lipinski definition) is 2. The third-order valence-electron chi connectivity index (χ3n) is 3.64. The van der Waals surface area contributed by atoms with Gasteiger partial charge in [-0.05, 0) is 25.7 Å². The molecule has 4 heteroatoms. The number of aromatic hydroxyl groups is 2. The molecule has 0 atom stereocenters. The highest BCUT2D eigenvalue weighted by atomic mass is 16.5. The molecule has 1 aromatic rings. The number of ether oxygens (including phenoxy) is 2. The molecule has 1 aliphatic carbocycles. The normalized spacial score (nSPS) is 14.6. The van der Waals surface area contributed by atoms with Gasteiger partial charge in [0.15, 0.2) is 11.5 Å². The van der Waals surface area contributed by atoms with E-state index in [2.05, 4.69) is 0 Å². The molecule has 0 saturated heterocycles. The van der Waals surface area contributed by atoms with Crippen molar-refractivity contribution in [2.24, 2.45) is 5.92 Å². The average Bonchev–Trinajstić information content (AvgIpc) is 3.17. The zero-order chi connectivity index (χ0) is 13.3. The number of phenolic OH excluding ortho intramolecular Hbond substituents is 2. The van der Waals surface area contributed by atoms with E-state index >= 15 is 0 Å². The van der Waals surface area contributed by atoms with Gasteiger partial charge in [-0.15, -0.1) is 0 Å². The number of methoxy groups -OCH3 is 2. The van der Waals surface area contributed by atoms with Crippen LogP contribution in [0.25, 0.3) is 0 Å². The van der Waals surface area contributed by atoms with Crippen LogP contribution in [-0.2, 0) is 6.42 Å². The second-order valence-electron chi connectivity index (χ2n) is 4.85. The van der Waals surface area contributed by atoms with Gasteiger partial charge in [-0.2, -0.15) is 0 Å². The Morgan fingerprint density at radius 1 is 1.06 bits per heavy atom. The minimum Gasteiger partial charge on any atom is -0.504 e. The Morgan fingerprint density at radius 2 is 1.61 bits per heavy atom. The monoisotopic (exact) mass is 252 g/mol. The molecule has 0 amide bonds. The first-order valence-corrected chi connectivity index (χ1v) is 6.25. The van der Waals surface area contributed by atoms with E-state index in [1.807, 2.05) is 0 Å². The van der Waals surface area contributed by atoms with E-state index in [0.717, 1.165) is 24.3 Å². The summed E-state index contributed by atoms with van der Waals surface area (Å²) >= 11 is 0. The van der Waals surface area contributed by atoms with E-state index in [-0.39, 0.29) is 23.0 Å². The van der Waals surface area contributed by atoms with Crippen LogP contribution >= 0.6 is 0 Å². The zero-order valence-electron chi connectivity index (χ0n) is 11.1. The highest BCUT2D eigenvalue weighted by Gasteiger charge is 2.26. The number of rotatable bonds is 5. The van der Waals surface area contributed by atoms with Crippen LogP contribution in [0.15, 0.2) is 0 Å². The van der Waals surface area contributed by atoms with Crippen LogP contribution in [0.4, 0.5) is 0 Å². The topological polar surface area (TPSA) is 58.9 Å². The first-order chi connectivity index (χ1) is 8.60. The summed E-state index contributed by atoms with van der Waals surface area (Å²) in [6.07, 6.45) is 4.36. The van der Waals surface area contributed by atoms with Gasteiger partial charge >= 0.3 is 0 Å². The maximum atomic E-state index is 10.2. The van der Waals surface area contributed by atoms with Gasteiger partial charge in [0, 0.05) is 11.1 Å². The van der Waals surface area contributed by atoms with Crippen molar-refractivity contribution in [2.45, 2.75) is 32.6 Å². The van der Waals surface area contributed by atoms with Crippen LogP contribution in [-0.4, -0.2) is 24.4 Å². The van der Waals surface area contributed by atoms with Crippen molar-refractivity contribution < 1.29 is 19.7 Å². The van der Waals surface area contributed by atoms with E-state index in [9.17, 15) is 10.2 Å². The molecule has 0 bridgehead atoms. The van der Waals surface area contributed by atoms with Crippen molar-refractivity contribution >= 4 is 0 Å². The lowest BCUT2D eigenvalue weighted by Gasteiger charge is -2.17. The van der Waals surface area contributed by atoms with Crippen molar-refractivity contribution in [3.05, 3.63) is 11.1 Å². The molecule has 2 rings (SSSR count). The van der Waals surface area contributed by atoms with Crippen LogP contribution in [0.2, 0.25) is 0 Å². The molecular formula is C14H20O4. The molecule has 1 fully saturated rings. The lowest BCUT2D eigenvalue weighted by molar-refractivity contribution is 0.313. The third kappa shape index (κ3) is 2.19. The summed E-state index contributed by atoms with van der Waals surface area (Å²) in [5.74, 6) is 1.33. The van der Waals surface area contributed by atoms with Crippen molar-refractivity contribution in [3.63, 3.8) is 0 Å². The molecule has 1 saturated carbocycles. The fraction of sp³-hybridized carbons (Fsp3) is 0.571. The van der Waals surface area contributed by atoms with Gasteiger partial charge in [0.2, 0.25) is 11.5 Å². The van der Waals surface area contributed by atoms with Gasteiger partial charge in [-0.3, -0.25) is 0 Å². The molecule has 0 aliphatic heterocycles. The molecule has 100 valence electrons. The van der Waals surface area contributed by atoms with Gasteiger partial charge in [0.25, 0.3) is 0 Å². The van der Waals surface area contributed by atoms with E-state index in [0.29, 0.717) is 5.56 Å². The standard InChI is InChI=1S/C14H20O4/c1-8-10(7-6-9-4-5-9)12(16)14(18-3)13(17-2)11(8)15/h9,15-16H,4-7H2,1-3H3. The van der Waals surface area contributed by atoms with E-state index < -0.39 is 0 Å². The van der Waals surface area contributed by atoms with Gasteiger partial charge in [-0.1, -0.05) is 12.8 Å². The molecule has 18 heavy (non-hydrogen) atoms. The summed E-state index contributed by atoms with van der Waals surface area (Å²) in [4.78, 5) is 0. The van der Waals surface area contributed by atoms with Crippen molar-refractivity contribution in [1.29, 1.82) is 0 Å². The predicted molar refractivity (Wildman–Crippen MR) is 68.7 cm³/mol. The molecular weight excluding hydrogens is 232 g/mol. The van der Waals surface area contributed by atoms with Crippen molar-refractivity contribution in [3.8, 4) is 23.0 Å². The van der Waals surface area contributed by atoms with Gasteiger partial charge in [-0.25, -0.2) is 0 Å². The maximum absolute atomic E-state index is 10.2. The quantitative estimate of drug-likeness (QED) is 0.791. The first-order valence-electron chi connectivity index (χ1n) is 6.25. The number of hydrogen-bond acceptors (Lipinski definition) is 4. The highest BCUT2D eigenvalue weighted by molar-refractivity contribution is 5.65. The molecule has 1 aliphatic rings. The van der Waals surface area contributed by atoms with Crippen molar-refractivity contribution in [1.82, 2.24) is 0 Å². The summed E-state index contributed by atoms with van der Waals surface area (Å²) in [5.41, 5.74) is 1.43. The van der Waals surface area contributed by atoms with Gasteiger partial charge in [0.1, 0.15) is 0 Å². The predicted octanol–water partition coefficient (Wildman–Crippen LogP) is 2.77. The van der Waals surface area contributed by atoms with Gasteiger partial charge in [0.05, 0.1) is 14.2 Å². The average molecular weight is 252 g/mol. The largest absolute Gasteiger partial charge is 0.504 e. The third-order valence-corrected chi connectivity index (χ3v) is 3.64. The summed E-state index contributed by atoms with van der Waals surface area (Å²) in [6, 6.07) is 0. The highest BCUT2D eigenvalue weighted by Crippen LogP contribution is 2.49. The Kier molecular flexibility index (Phi) is 3.55. The van der Waals surface area contributed by atoms with Crippen LogP contribution in [0.5, 0.6) is 23.0 Å². The molecule has 4 nitrogen and oxygen atoms in total. The fourth-order valence-corrected chi connectivity index (χ4v) is 2.28. The molecule has 0 radical (unpaired) electrons. The zero-order valence-corrected chi connectivity index (χ0v) is 11.1. The van der Waals surface area contributed by atoms with Crippen LogP contribution in [0.3, 0.4) is 0 Å². The molecule has 0 spiro atoms. The smallest absolute Gasteiger partial charge is 0.207 e. The summed E-state index contributed by atoms with van der Waals surface area (Å²) < 4.78 is 10.2. The molecule has 1 aromatic carbocycles. The second kappa shape index (κ2) is 4.96. The Bertz CT molecular complexity index is 450. The lowest BCUT2D eigenvalue weighted by atomic mass is 9.99. The fourth-order valence-electron chi connectivity index (χ4n) is 2.28. The molecule has 0 unspecified atom stereocenters. The SMILES string of the molecule is COc1c(O)c(C)c(CCC2CC2)c(O)c1OC. The Hall–Kier alpha value is -1.58. The van der Waals surface area contributed by atoms with Crippen LogP contribution in [0.1, 0.15) is 30.4 Å². The van der Waals surface area contributed by atoms with Gasteiger partial charge < -0.3 is 19.7 Å².